The SMILES string of the molecule is CN1CCOc2ccccc2C(=O)N[C@H](C(=O)NCC2(c3cccc(F)c3)CCOCC2)CCC(=O)N(C)CC1=O. The van der Waals surface area contributed by atoms with Crippen LogP contribution in [0.5, 0.6) is 5.75 Å². The Morgan fingerprint density at radius 3 is 2.54 bits per heavy atom. The van der Waals surface area contributed by atoms with Crippen LogP contribution < -0.4 is 15.4 Å². The van der Waals surface area contributed by atoms with Gasteiger partial charge in [-0.1, -0.05) is 24.3 Å². The zero-order valence-corrected chi connectivity index (χ0v) is 23.5. The second kappa shape index (κ2) is 13.6. The van der Waals surface area contributed by atoms with Crippen molar-refractivity contribution in [2.24, 2.45) is 0 Å². The minimum Gasteiger partial charge on any atom is -0.491 e. The number of nitrogens with zero attached hydrogens (tertiary/aromatic N) is 2. The first-order valence-electron chi connectivity index (χ1n) is 13.8. The molecule has 0 unspecified atom stereocenters. The number of nitrogens with one attached hydrogen (secondary N) is 2. The Balaban J connectivity index is 1.56. The molecule has 0 radical (unpaired) electrons. The summed E-state index contributed by atoms with van der Waals surface area (Å²) in [5.74, 6) is -1.61. The van der Waals surface area contributed by atoms with E-state index >= 15 is 0 Å². The molecule has 1 saturated heterocycles. The lowest BCUT2D eigenvalue weighted by atomic mass is 9.74. The van der Waals surface area contributed by atoms with Gasteiger partial charge in [-0.05, 0) is 49.1 Å². The summed E-state index contributed by atoms with van der Waals surface area (Å²) in [6.45, 7) is 1.43. The molecule has 11 heteroatoms. The van der Waals surface area contributed by atoms with Gasteiger partial charge in [-0.3, -0.25) is 19.2 Å². The van der Waals surface area contributed by atoms with Crippen molar-refractivity contribution in [3.63, 3.8) is 0 Å². The van der Waals surface area contributed by atoms with Crippen molar-refractivity contribution in [1.82, 2.24) is 20.4 Å². The third kappa shape index (κ3) is 7.60. The normalized spacial score (nSPS) is 20.7. The Hall–Kier alpha value is -3.99. The Kier molecular flexibility index (Phi) is 9.93. The number of ether oxygens (including phenoxy) is 2. The average molecular weight is 569 g/mol. The van der Waals surface area contributed by atoms with E-state index in [-0.39, 0.29) is 62.3 Å². The second-order valence-electron chi connectivity index (χ2n) is 10.6. The third-order valence-electron chi connectivity index (χ3n) is 7.80. The summed E-state index contributed by atoms with van der Waals surface area (Å²) in [5, 5.41) is 5.74. The highest BCUT2D eigenvalue weighted by Crippen LogP contribution is 2.34. The van der Waals surface area contributed by atoms with Gasteiger partial charge in [0.05, 0.1) is 18.7 Å². The molecular weight excluding hydrogens is 531 g/mol. The molecule has 2 aliphatic rings. The number of carbonyl (C=O) groups is 4. The Labute approximate surface area is 239 Å². The second-order valence-corrected chi connectivity index (χ2v) is 10.6. The van der Waals surface area contributed by atoms with Gasteiger partial charge in [0.1, 0.15) is 24.2 Å². The molecule has 41 heavy (non-hydrogen) atoms. The quantitative estimate of drug-likeness (QED) is 0.582. The molecule has 0 spiro atoms. The lowest BCUT2D eigenvalue weighted by molar-refractivity contribution is -0.139. The Morgan fingerprint density at radius 2 is 1.78 bits per heavy atom. The number of benzene rings is 2. The predicted octanol–water partition coefficient (Wildman–Crippen LogP) is 1.88. The maximum Gasteiger partial charge on any atom is 0.255 e. The van der Waals surface area contributed by atoms with Gasteiger partial charge >= 0.3 is 0 Å². The van der Waals surface area contributed by atoms with E-state index in [4.69, 9.17) is 9.47 Å². The van der Waals surface area contributed by atoms with Crippen molar-refractivity contribution in [3.05, 3.63) is 65.5 Å². The number of halogens is 1. The van der Waals surface area contributed by atoms with E-state index in [1.54, 1.807) is 37.4 Å². The molecule has 2 aliphatic heterocycles. The fourth-order valence-corrected chi connectivity index (χ4v) is 5.10. The van der Waals surface area contributed by atoms with Crippen molar-refractivity contribution in [3.8, 4) is 5.75 Å². The van der Waals surface area contributed by atoms with Crippen molar-refractivity contribution >= 4 is 23.6 Å². The van der Waals surface area contributed by atoms with E-state index in [1.165, 1.54) is 29.0 Å². The van der Waals surface area contributed by atoms with Gasteiger partial charge < -0.3 is 29.9 Å². The van der Waals surface area contributed by atoms with Gasteiger partial charge in [0, 0.05) is 45.7 Å². The van der Waals surface area contributed by atoms with Crippen LogP contribution >= 0.6 is 0 Å². The van der Waals surface area contributed by atoms with Crippen LogP contribution in [0.3, 0.4) is 0 Å². The zero-order valence-electron chi connectivity index (χ0n) is 23.5. The minimum absolute atomic E-state index is 0.0177. The molecule has 2 aromatic carbocycles. The number of para-hydroxylation sites is 1. The summed E-state index contributed by atoms with van der Waals surface area (Å²) < 4.78 is 25.5. The van der Waals surface area contributed by atoms with Crippen molar-refractivity contribution in [2.45, 2.75) is 37.1 Å². The standard InChI is InChI=1S/C30H37FN4O6/c1-34-14-17-41-25-9-4-3-8-23(25)28(38)33-24(10-11-26(36)35(2)19-27(34)37)29(39)32-20-30(12-15-40-16-13-30)21-6-5-7-22(31)18-21/h3-9,18,24H,10-17,19-20H2,1-2H3,(H,32,39)(H,33,38)/t24-/m0/s1. The van der Waals surface area contributed by atoms with Gasteiger partial charge in [-0.2, -0.15) is 0 Å². The maximum atomic E-state index is 14.1. The number of hydrogen-bond acceptors (Lipinski definition) is 6. The molecule has 0 aliphatic carbocycles. The smallest absolute Gasteiger partial charge is 0.255 e. The number of amides is 4. The number of likely N-dealkylation sites (N-methyl/N-ethyl adjacent to an activating group) is 2. The largest absolute Gasteiger partial charge is 0.491 e. The molecule has 0 bridgehead atoms. The first-order chi connectivity index (χ1) is 19.7. The van der Waals surface area contributed by atoms with Crippen LogP contribution in [0.1, 0.15) is 41.6 Å². The van der Waals surface area contributed by atoms with Crippen LogP contribution in [0.4, 0.5) is 4.39 Å². The fraction of sp³-hybridized carbons (Fsp3) is 0.467. The lowest BCUT2D eigenvalue weighted by Crippen LogP contribution is -2.51. The van der Waals surface area contributed by atoms with Gasteiger partial charge in [-0.25, -0.2) is 4.39 Å². The van der Waals surface area contributed by atoms with Gasteiger partial charge in [0.15, 0.2) is 0 Å². The molecule has 220 valence electrons. The highest BCUT2D eigenvalue weighted by Gasteiger charge is 2.36. The van der Waals surface area contributed by atoms with Crippen LogP contribution in [0.2, 0.25) is 0 Å². The highest BCUT2D eigenvalue weighted by molar-refractivity contribution is 5.99. The van der Waals surface area contributed by atoms with E-state index in [0.29, 0.717) is 31.8 Å². The van der Waals surface area contributed by atoms with Crippen molar-refractivity contribution < 1.29 is 33.0 Å². The predicted molar refractivity (Wildman–Crippen MR) is 149 cm³/mol. The van der Waals surface area contributed by atoms with E-state index in [2.05, 4.69) is 10.6 Å². The van der Waals surface area contributed by atoms with Crippen LogP contribution in [-0.4, -0.2) is 93.0 Å². The zero-order chi connectivity index (χ0) is 29.4. The van der Waals surface area contributed by atoms with Crippen LogP contribution in [0.25, 0.3) is 0 Å². The average Bonchev–Trinajstić information content (AvgIpc) is 2.98. The Bertz CT molecular complexity index is 1270. The number of carbonyl (C=O) groups excluding carboxylic acids is 4. The molecule has 2 aromatic rings. The molecule has 2 N–H and O–H groups in total. The summed E-state index contributed by atoms with van der Waals surface area (Å²) in [4.78, 5) is 55.2. The lowest BCUT2D eigenvalue weighted by Gasteiger charge is -2.38. The summed E-state index contributed by atoms with van der Waals surface area (Å²) >= 11 is 0. The molecule has 4 amide bonds. The molecule has 4 rings (SSSR count). The minimum atomic E-state index is -1.04. The fourth-order valence-electron chi connectivity index (χ4n) is 5.10. The first-order valence-corrected chi connectivity index (χ1v) is 13.8. The van der Waals surface area contributed by atoms with Gasteiger partial charge in [-0.15, -0.1) is 0 Å². The summed E-state index contributed by atoms with van der Waals surface area (Å²) in [7, 11) is 3.15. The number of hydrogen-bond donors (Lipinski definition) is 2. The van der Waals surface area contributed by atoms with Gasteiger partial charge in [0.2, 0.25) is 17.7 Å². The molecule has 0 saturated carbocycles. The molecule has 0 aromatic heterocycles. The van der Waals surface area contributed by atoms with Crippen LogP contribution in [0.15, 0.2) is 48.5 Å². The maximum absolute atomic E-state index is 14.1. The first kappa shape index (κ1) is 30.0. The van der Waals surface area contributed by atoms with Crippen LogP contribution in [-0.2, 0) is 24.5 Å². The summed E-state index contributed by atoms with van der Waals surface area (Å²) in [6, 6.07) is 12.0. The summed E-state index contributed by atoms with van der Waals surface area (Å²) in [6.07, 6.45) is 1.13. The highest BCUT2D eigenvalue weighted by atomic mass is 19.1. The van der Waals surface area contributed by atoms with Crippen molar-refractivity contribution in [1.29, 1.82) is 0 Å². The molecular formula is C30H37FN4O6. The van der Waals surface area contributed by atoms with E-state index in [9.17, 15) is 23.6 Å². The topological polar surface area (TPSA) is 117 Å². The third-order valence-corrected chi connectivity index (χ3v) is 7.80. The molecule has 2 heterocycles. The Morgan fingerprint density at radius 1 is 1.02 bits per heavy atom. The summed E-state index contributed by atoms with van der Waals surface area (Å²) in [5.41, 5.74) is 0.464. The van der Waals surface area contributed by atoms with E-state index < -0.39 is 23.3 Å². The van der Waals surface area contributed by atoms with E-state index in [1.807, 2.05) is 6.07 Å². The monoisotopic (exact) mass is 568 g/mol. The molecule has 1 atom stereocenters. The number of rotatable bonds is 4. The molecule has 10 nitrogen and oxygen atoms in total. The van der Waals surface area contributed by atoms with Crippen molar-refractivity contribution in [2.75, 3.05) is 53.6 Å². The molecule has 1 fully saturated rings. The van der Waals surface area contributed by atoms with Gasteiger partial charge in [0.25, 0.3) is 5.91 Å². The van der Waals surface area contributed by atoms with E-state index in [0.717, 1.165) is 5.56 Å². The van der Waals surface area contributed by atoms with Crippen LogP contribution in [0, 0.1) is 5.82 Å². The number of fused-ring (bicyclic) bond motifs is 1.